The van der Waals surface area contributed by atoms with E-state index in [1.807, 2.05) is 6.92 Å². The zero-order chi connectivity index (χ0) is 15.2. The Morgan fingerprint density at radius 2 is 1.86 bits per heavy atom. The van der Waals surface area contributed by atoms with E-state index >= 15 is 0 Å². The minimum absolute atomic E-state index is 0.131. The Morgan fingerprint density at radius 3 is 2.48 bits per heavy atom. The fraction of sp³-hybridized carbons (Fsp3) is 0.235. The number of rotatable bonds is 6. The molecule has 0 saturated carbocycles. The number of benzene rings is 2. The summed E-state index contributed by atoms with van der Waals surface area (Å²) in [5.74, 6) is 1.13. The zero-order valence-corrected chi connectivity index (χ0v) is 12.3. The van der Waals surface area contributed by atoms with Crippen molar-refractivity contribution in [1.82, 2.24) is 0 Å². The number of hydrogen-bond donors (Lipinski definition) is 1. The molecular formula is C17H19NO3. The van der Waals surface area contributed by atoms with Gasteiger partial charge in [-0.25, -0.2) is 0 Å². The van der Waals surface area contributed by atoms with Crippen LogP contribution in [0.4, 0.5) is 5.69 Å². The monoisotopic (exact) mass is 285 g/mol. The van der Waals surface area contributed by atoms with Crippen molar-refractivity contribution in [1.29, 1.82) is 0 Å². The first-order valence-electron chi connectivity index (χ1n) is 6.87. The van der Waals surface area contributed by atoms with Crippen LogP contribution >= 0.6 is 0 Å². The van der Waals surface area contributed by atoms with Gasteiger partial charge in [0.05, 0.1) is 19.4 Å². The zero-order valence-electron chi connectivity index (χ0n) is 12.3. The second-order valence-corrected chi connectivity index (χ2v) is 4.62. The van der Waals surface area contributed by atoms with Gasteiger partial charge in [0.1, 0.15) is 11.5 Å². The Bertz CT molecular complexity index is 620. The molecule has 4 heteroatoms. The minimum Gasteiger partial charge on any atom is -0.495 e. The molecule has 0 atom stereocenters. The Morgan fingerprint density at radius 1 is 1.14 bits per heavy atom. The van der Waals surface area contributed by atoms with Gasteiger partial charge in [-0.05, 0) is 42.8 Å². The number of nitrogen functional groups attached to an aromatic ring is 1. The molecule has 2 rings (SSSR count). The molecule has 0 aliphatic carbocycles. The highest BCUT2D eigenvalue weighted by atomic mass is 16.5. The summed E-state index contributed by atoms with van der Waals surface area (Å²) in [6.45, 7) is 2.71. The molecule has 0 saturated heterocycles. The molecule has 0 aromatic heterocycles. The van der Waals surface area contributed by atoms with Gasteiger partial charge in [-0.15, -0.1) is 0 Å². The first-order valence-corrected chi connectivity index (χ1v) is 6.87. The van der Waals surface area contributed by atoms with Crippen molar-refractivity contribution in [2.45, 2.75) is 13.3 Å². The maximum absolute atomic E-state index is 12.5. The van der Waals surface area contributed by atoms with Crippen molar-refractivity contribution in [2.24, 2.45) is 0 Å². The van der Waals surface area contributed by atoms with Crippen LogP contribution in [0.25, 0.3) is 0 Å². The summed E-state index contributed by atoms with van der Waals surface area (Å²) in [4.78, 5) is 12.5. The Hall–Kier alpha value is -2.49. The van der Waals surface area contributed by atoms with E-state index < -0.39 is 0 Å². The molecule has 0 aliphatic rings. The van der Waals surface area contributed by atoms with E-state index in [1.54, 1.807) is 42.5 Å². The average Bonchev–Trinajstić information content (AvgIpc) is 2.53. The maximum Gasteiger partial charge on any atom is 0.195 e. The molecule has 0 aliphatic heterocycles. The fourth-order valence-electron chi connectivity index (χ4n) is 2.00. The molecule has 0 fully saturated rings. The molecule has 2 N–H and O–H groups in total. The predicted molar refractivity (Wildman–Crippen MR) is 83.1 cm³/mol. The smallest absolute Gasteiger partial charge is 0.195 e. The number of carbonyl (C=O) groups excluding carboxylic acids is 1. The summed E-state index contributed by atoms with van der Waals surface area (Å²) in [7, 11) is 1.53. The SMILES string of the molecule is CCCOc1ccc(C(=O)c2cccc(OC)c2N)cc1. The number of carbonyl (C=O) groups is 1. The van der Waals surface area contributed by atoms with Crippen LogP contribution in [-0.2, 0) is 0 Å². The molecule has 2 aromatic rings. The van der Waals surface area contributed by atoms with Crippen molar-refractivity contribution < 1.29 is 14.3 Å². The standard InChI is InChI=1S/C17H19NO3/c1-3-11-21-13-9-7-12(8-10-13)17(19)14-5-4-6-15(20-2)16(14)18/h4-10H,3,11,18H2,1-2H3. The largest absolute Gasteiger partial charge is 0.495 e. The quantitative estimate of drug-likeness (QED) is 0.653. The molecular weight excluding hydrogens is 266 g/mol. The number of ether oxygens (including phenoxy) is 2. The van der Waals surface area contributed by atoms with E-state index in [4.69, 9.17) is 15.2 Å². The number of anilines is 1. The van der Waals surface area contributed by atoms with Crippen molar-refractivity contribution in [3.05, 3.63) is 53.6 Å². The van der Waals surface area contributed by atoms with E-state index in [1.165, 1.54) is 7.11 Å². The summed E-state index contributed by atoms with van der Waals surface area (Å²) >= 11 is 0. The van der Waals surface area contributed by atoms with Gasteiger partial charge in [0.2, 0.25) is 0 Å². The third-order valence-corrected chi connectivity index (χ3v) is 3.12. The number of nitrogens with two attached hydrogens (primary N) is 1. The summed E-state index contributed by atoms with van der Waals surface area (Å²) in [5.41, 5.74) is 7.32. The van der Waals surface area contributed by atoms with E-state index in [9.17, 15) is 4.79 Å². The van der Waals surface area contributed by atoms with Gasteiger partial charge in [0, 0.05) is 11.1 Å². The normalized spacial score (nSPS) is 10.2. The molecule has 2 aromatic carbocycles. The van der Waals surface area contributed by atoms with E-state index in [0.717, 1.165) is 12.2 Å². The summed E-state index contributed by atoms with van der Waals surface area (Å²) in [6, 6.07) is 12.2. The van der Waals surface area contributed by atoms with Crippen LogP contribution in [0.1, 0.15) is 29.3 Å². The lowest BCUT2D eigenvalue weighted by atomic mass is 10.0. The van der Waals surface area contributed by atoms with Crippen molar-refractivity contribution in [3.63, 3.8) is 0 Å². The highest BCUT2D eigenvalue weighted by Crippen LogP contribution is 2.27. The highest BCUT2D eigenvalue weighted by Gasteiger charge is 2.15. The van der Waals surface area contributed by atoms with Gasteiger partial charge >= 0.3 is 0 Å². The number of para-hydroxylation sites is 1. The van der Waals surface area contributed by atoms with Crippen LogP contribution in [-0.4, -0.2) is 19.5 Å². The van der Waals surface area contributed by atoms with Gasteiger partial charge < -0.3 is 15.2 Å². The molecule has 0 bridgehead atoms. The molecule has 0 heterocycles. The van der Waals surface area contributed by atoms with E-state index in [2.05, 4.69) is 0 Å². The van der Waals surface area contributed by atoms with Gasteiger partial charge in [-0.3, -0.25) is 4.79 Å². The summed E-state index contributed by atoms with van der Waals surface area (Å²) in [5, 5.41) is 0. The second kappa shape index (κ2) is 6.79. The number of methoxy groups -OCH3 is 1. The molecule has 0 radical (unpaired) electrons. The number of ketones is 1. The van der Waals surface area contributed by atoms with Crippen LogP contribution in [0.2, 0.25) is 0 Å². The Labute approximate surface area is 124 Å². The third-order valence-electron chi connectivity index (χ3n) is 3.12. The first kappa shape index (κ1) is 14.9. The maximum atomic E-state index is 12.5. The molecule has 21 heavy (non-hydrogen) atoms. The van der Waals surface area contributed by atoms with Crippen LogP contribution < -0.4 is 15.2 Å². The summed E-state index contributed by atoms with van der Waals surface area (Å²) < 4.78 is 10.6. The molecule has 4 nitrogen and oxygen atoms in total. The topological polar surface area (TPSA) is 61.5 Å². The van der Waals surface area contributed by atoms with Crippen molar-refractivity contribution >= 4 is 11.5 Å². The Kier molecular flexibility index (Phi) is 4.82. The molecule has 0 amide bonds. The van der Waals surface area contributed by atoms with Gasteiger partial charge in [-0.1, -0.05) is 13.0 Å². The second-order valence-electron chi connectivity index (χ2n) is 4.62. The van der Waals surface area contributed by atoms with Crippen molar-refractivity contribution in [3.8, 4) is 11.5 Å². The van der Waals surface area contributed by atoms with E-state index in [0.29, 0.717) is 29.2 Å². The van der Waals surface area contributed by atoms with Crippen LogP contribution in [0.15, 0.2) is 42.5 Å². The molecule has 0 spiro atoms. The summed E-state index contributed by atoms with van der Waals surface area (Å²) in [6.07, 6.45) is 0.945. The Balaban J connectivity index is 2.24. The van der Waals surface area contributed by atoms with Gasteiger partial charge in [0.25, 0.3) is 0 Å². The average molecular weight is 285 g/mol. The molecule has 110 valence electrons. The van der Waals surface area contributed by atoms with Crippen LogP contribution in [0.3, 0.4) is 0 Å². The number of hydrogen-bond acceptors (Lipinski definition) is 4. The van der Waals surface area contributed by atoms with Crippen LogP contribution in [0, 0.1) is 0 Å². The highest BCUT2D eigenvalue weighted by molar-refractivity contribution is 6.12. The molecule has 0 unspecified atom stereocenters. The minimum atomic E-state index is -0.131. The lowest BCUT2D eigenvalue weighted by molar-refractivity contribution is 0.103. The third kappa shape index (κ3) is 3.34. The lowest BCUT2D eigenvalue weighted by Crippen LogP contribution is -2.06. The van der Waals surface area contributed by atoms with Gasteiger partial charge in [-0.2, -0.15) is 0 Å². The predicted octanol–water partition coefficient (Wildman–Crippen LogP) is 3.30. The van der Waals surface area contributed by atoms with Crippen molar-refractivity contribution in [2.75, 3.05) is 19.5 Å². The van der Waals surface area contributed by atoms with Gasteiger partial charge in [0.15, 0.2) is 5.78 Å². The van der Waals surface area contributed by atoms with E-state index in [-0.39, 0.29) is 5.78 Å². The lowest BCUT2D eigenvalue weighted by Gasteiger charge is -2.10. The van der Waals surface area contributed by atoms with Crippen LogP contribution in [0.5, 0.6) is 11.5 Å². The fourth-order valence-corrected chi connectivity index (χ4v) is 2.00. The first-order chi connectivity index (χ1) is 10.2.